The van der Waals surface area contributed by atoms with Gasteiger partial charge >= 0.3 is 0 Å². The molecule has 1 fully saturated rings. The largest absolute Gasteiger partial charge is 0.294 e. The van der Waals surface area contributed by atoms with E-state index in [1.165, 1.54) is 13.0 Å². The summed E-state index contributed by atoms with van der Waals surface area (Å²) in [4.78, 5) is 2.45. The number of halogens is 1. The Morgan fingerprint density at radius 3 is 2.30 bits per heavy atom. The summed E-state index contributed by atoms with van der Waals surface area (Å²) in [6.07, 6.45) is 1.38. The molecular formula is C8H16IN. The number of rotatable bonds is 1. The van der Waals surface area contributed by atoms with Gasteiger partial charge in [-0.2, -0.15) is 0 Å². The zero-order chi connectivity index (χ0) is 7.72. The summed E-state index contributed by atoms with van der Waals surface area (Å²) in [6, 6.07) is 0. The Labute approximate surface area is 77.3 Å². The van der Waals surface area contributed by atoms with Crippen LogP contribution in [0, 0.1) is 11.8 Å². The molecule has 0 aliphatic carbocycles. The Bertz CT molecular complexity index is 104. The minimum absolute atomic E-state index is 0.782. The minimum Gasteiger partial charge on any atom is -0.294 e. The van der Waals surface area contributed by atoms with Gasteiger partial charge in [0.15, 0.2) is 0 Å². The van der Waals surface area contributed by atoms with Gasteiger partial charge in [0.2, 0.25) is 0 Å². The highest BCUT2D eigenvalue weighted by Crippen LogP contribution is 2.30. The lowest BCUT2D eigenvalue weighted by atomic mass is 9.95. The monoisotopic (exact) mass is 253 g/mol. The molecule has 1 aliphatic heterocycles. The van der Waals surface area contributed by atoms with Crippen molar-refractivity contribution < 1.29 is 0 Å². The van der Waals surface area contributed by atoms with E-state index < -0.39 is 0 Å². The van der Waals surface area contributed by atoms with Crippen LogP contribution < -0.4 is 0 Å². The van der Waals surface area contributed by atoms with Crippen LogP contribution in [0.15, 0.2) is 0 Å². The first kappa shape index (κ1) is 8.78. The first-order chi connectivity index (χ1) is 4.61. The Morgan fingerprint density at radius 1 is 1.50 bits per heavy atom. The predicted octanol–water partition coefficient (Wildman–Crippen LogP) is 2.36. The van der Waals surface area contributed by atoms with E-state index in [1.54, 1.807) is 0 Å². The lowest BCUT2D eigenvalue weighted by Crippen LogP contribution is -2.19. The van der Waals surface area contributed by atoms with Crippen LogP contribution in [0.1, 0.15) is 20.3 Å². The van der Waals surface area contributed by atoms with Gasteiger partial charge in [-0.15, -0.1) is 0 Å². The number of hydrogen-bond acceptors (Lipinski definition) is 1. The van der Waals surface area contributed by atoms with Crippen molar-refractivity contribution in [2.24, 2.45) is 11.8 Å². The Morgan fingerprint density at radius 2 is 2.10 bits per heavy atom. The SMILES string of the molecule is CC(C)C1CC(I)N(C)C1. The average Bonchev–Trinajstić information content (AvgIpc) is 2.13. The van der Waals surface area contributed by atoms with Crippen molar-refractivity contribution in [1.29, 1.82) is 0 Å². The maximum absolute atomic E-state index is 2.53. The molecule has 1 aliphatic rings. The van der Waals surface area contributed by atoms with Gasteiger partial charge in [0.25, 0.3) is 0 Å². The third kappa shape index (κ3) is 1.84. The lowest BCUT2D eigenvalue weighted by molar-refractivity contribution is 0.348. The molecule has 1 rings (SSSR count). The molecule has 0 saturated carbocycles. The summed E-state index contributed by atoms with van der Waals surface area (Å²) in [7, 11) is 2.22. The van der Waals surface area contributed by atoms with Crippen LogP contribution in [0.4, 0.5) is 0 Å². The predicted molar refractivity (Wildman–Crippen MR) is 53.4 cm³/mol. The van der Waals surface area contributed by atoms with Gasteiger partial charge in [-0.3, -0.25) is 4.90 Å². The van der Waals surface area contributed by atoms with E-state index in [1.807, 2.05) is 0 Å². The van der Waals surface area contributed by atoms with Crippen molar-refractivity contribution in [3.05, 3.63) is 0 Å². The van der Waals surface area contributed by atoms with Crippen molar-refractivity contribution in [3.8, 4) is 0 Å². The number of hydrogen-bond donors (Lipinski definition) is 0. The summed E-state index contributed by atoms with van der Waals surface area (Å²) >= 11 is 2.53. The molecule has 60 valence electrons. The third-order valence-electron chi connectivity index (χ3n) is 2.44. The van der Waals surface area contributed by atoms with Crippen LogP contribution in [0.2, 0.25) is 0 Å². The molecule has 0 amide bonds. The van der Waals surface area contributed by atoms with E-state index in [9.17, 15) is 0 Å². The van der Waals surface area contributed by atoms with Crippen molar-refractivity contribution in [2.45, 2.75) is 24.3 Å². The van der Waals surface area contributed by atoms with Crippen molar-refractivity contribution >= 4 is 22.6 Å². The molecule has 0 aromatic heterocycles. The molecule has 0 bridgehead atoms. The van der Waals surface area contributed by atoms with Gasteiger partial charge in [-0.25, -0.2) is 0 Å². The first-order valence-electron chi connectivity index (χ1n) is 3.95. The number of nitrogens with zero attached hydrogens (tertiary/aromatic N) is 1. The summed E-state index contributed by atoms with van der Waals surface area (Å²) in [5.74, 6) is 1.80. The molecule has 0 spiro atoms. The van der Waals surface area contributed by atoms with E-state index in [2.05, 4.69) is 48.4 Å². The van der Waals surface area contributed by atoms with Crippen LogP contribution in [0.3, 0.4) is 0 Å². The van der Waals surface area contributed by atoms with Gasteiger partial charge in [0.1, 0.15) is 0 Å². The molecule has 0 radical (unpaired) electrons. The summed E-state index contributed by atoms with van der Waals surface area (Å²) in [5.41, 5.74) is 0. The second-order valence-corrected chi connectivity index (χ2v) is 5.05. The Hall–Kier alpha value is 0.690. The van der Waals surface area contributed by atoms with Crippen LogP contribution in [-0.2, 0) is 0 Å². The van der Waals surface area contributed by atoms with Crippen molar-refractivity contribution in [2.75, 3.05) is 13.6 Å². The number of alkyl halides is 1. The maximum atomic E-state index is 2.53. The van der Waals surface area contributed by atoms with Gasteiger partial charge < -0.3 is 0 Å². The molecule has 1 nitrogen and oxygen atoms in total. The van der Waals surface area contributed by atoms with Gasteiger partial charge in [-0.1, -0.05) is 36.4 Å². The van der Waals surface area contributed by atoms with E-state index in [4.69, 9.17) is 0 Å². The first-order valence-corrected chi connectivity index (χ1v) is 5.20. The molecule has 0 aromatic rings. The topological polar surface area (TPSA) is 3.24 Å². The molecule has 1 saturated heterocycles. The van der Waals surface area contributed by atoms with Crippen molar-refractivity contribution in [3.63, 3.8) is 0 Å². The van der Waals surface area contributed by atoms with Crippen LogP contribution in [0.25, 0.3) is 0 Å². The Kier molecular flexibility index (Phi) is 2.98. The molecule has 1 heterocycles. The minimum atomic E-state index is 0.782. The molecule has 2 atom stereocenters. The summed E-state index contributed by atoms with van der Waals surface area (Å²) < 4.78 is 0.782. The molecule has 0 aromatic carbocycles. The lowest BCUT2D eigenvalue weighted by Gasteiger charge is -2.13. The fraction of sp³-hybridized carbons (Fsp3) is 1.00. The fourth-order valence-corrected chi connectivity index (χ4v) is 2.35. The van der Waals surface area contributed by atoms with Crippen LogP contribution in [0.5, 0.6) is 0 Å². The second-order valence-electron chi connectivity index (χ2n) is 3.61. The highest BCUT2D eigenvalue weighted by atomic mass is 127. The molecular weight excluding hydrogens is 237 g/mol. The highest BCUT2D eigenvalue weighted by molar-refractivity contribution is 14.1. The summed E-state index contributed by atoms with van der Waals surface area (Å²) in [5, 5.41) is 0. The smallest absolute Gasteiger partial charge is 0.0619 e. The number of likely N-dealkylation sites (tertiary alicyclic amines) is 1. The normalized spacial score (nSPS) is 35.7. The zero-order valence-corrected chi connectivity index (χ0v) is 9.13. The van der Waals surface area contributed by atoms with Crippen molar-refractivity contribution in [1.82, 2.24) is 4.90 Å². The van der Waals surface area contributed by atoms with E-state index in [-0.39, 0.29) is 0 Å². The highest BCUT2D eigenvalue weighted by Gasteiger charge is 2.28. The standard InChI is InChI=1S/C8H16IN/c1-6(2)7-4-8(9)10(3)5-7/h6-8H,4-5H2,1-3H3. The Balaban J connectivity index is 2.41. The molecule has 0 N–H and O–H groups in total. The van der Waals surface area contributed by atoms with Gasteiger partial charge in [0.05, 0.1) is 4.05 Å². The van der Waals surface area contributed by atoms with Crippen LogP contribution >= 0.6 is 22.6 Å². The zero-order valence-electron chi connectivity index (χ0n) is 6.97. The van der Waals surface area contributed by atoms with E-state index >= 15 is 0 Å². The van der Waals surface area contributed by atoms with E-state index in [0.717, 1.165) is 15.9 Å². The fourth-order valence-electron chi connectivity index (χ4n) is 1.47. The van der Waals surface area contributed by atoms with Gasteiger partial charge in [0, 0.05) is 6.54 Å². The summed E-state index contributed by atoms with van der Waals surface area (Å²) in [6.45, 7) is 5.95. The molecule has 2 unspecified atom stereocenters. The molecule has 10 heavy (non-hydrogen) atoms. The quantitative estimate of drug-likeness (QED) is 0.394. The van der Waals surface area contributed by atoms with E-state index in [0.29, 0.717) is 0 Å². The average molecular weight is 253 g/mol. The molecule has 2 heteroatoms. The third-order valence-corrected chi connectivity index (χ3v) is 3.90. The second kappa shape index (κ2) is 3.39. The van der Waals surface area contributed by atoms with Crippen LogP contribution in [-0.4, -0.2) is 22.5 Å². The maximum Gasteiger partial charge on any atom is 0.0619 e. The van der Waals surface area contributed by atoms with Gasteiger partial charge in [-0.05, 0) is 25.3 Å².